The summed E-state index contributed by atoms with van der Waals surface area (Å²) < 4.78 is 40.1. The van der Waals surface area contributed by atoms with Crippen molar-refractivity contribution in [3.8, 4) is 0 Å². The maximum Gasteiger partial charge on any atom is 0.240 e. The zero-order valence-electron chi connectivity index (χ0n) is 15.2. The second-order valence-electron chi connectivity index (χ2n) is 6.08. The highest BCUT2D eigenvalue weighted by molar-refractivity contribution is 7.89. The first-order chi connectivity index (χ1) is 13.8. The van der Waals surface area contributed by atoms with Crippen molar-refractivity contribution in [3.05, 3.63) is 68.9 Å². The van der Waals surface area contributed by atoms with E-state index in [9.17, 15) is 17.6 Å². The van der Waals surface area contributed by atoms with Crippen LogP contribution in [0.3, 0.4) is 0 Å². The summed E-state index contributed by atoms with van der Waals surface area (Å²) in [6.07, 6.45) is 3.53. The van der Waals surface area contributed by atoms with E-state index in [1.807, 2.05) is 6.92 Å². The van der Waals surface area contributed by atoms with Gasteiger partial charge < -0.3 is 0 Å². The van der Waals surface area contributed by atoms with Crippen LogP contribution in [0.1, 0.15) is 33.2 Å². The predicted molar refractivity (Wildman–Crippen MR) is 107 cm³/mol. The van der Waals surface area contributed by atoms with Crippen LogP contribution in [0, 0.1) is 12.7 Å². The number of hydrogen-bond donors (Lipinski definition) is 1. The third kappa shape index (κ3) is 5.41. The topological polar surface area (TPSA) is 102 Å². The summed E-state index contributed by atoms with van der Waals surface area (Å²) in [5.41, 5.74) is 3.20. The van der Waals surface area contributed by atoms with Gasteiger partial charge in [0.2, 0.25) is 10.0 Å². The molecule has 0 aliphatic heterocycles. The number of nitrogens with one attached hydrogen (secondary N) is 1. The summed E-state index contributed by atoms with van der Waals surface area (Å²) >= 11 is 7.13. The lowest BCUT2D eigenvalue weighted by Crippen LogP contribution is -2.24. The van der Waals surface area contributed by atoms with Gasteiger partial charge in [0, 0.05) is 11.3 Å². The van der Waals surface area contributed by atoms with Crippen LogP contribution in [-0.4, -0.2) is 29.2 Å². The average Bonchev–Trinajstić information content (AvgIpc) is 3.12. The van der Waals surface area contributed by atoms with Crippen LogP contribution in [-0.2, 0) is 23.0 Å². The Kier molecular flexibility index (Phi) is 6.68. The molecule has 29 heavy (non-hydrogen) atoms. The molecule has 0 aliphatic rings. The molecule has 0 saturated heterocycles. The highest BCUT2D eigenvalue weighted by Crippen LogP contribution is 2.19. The Bertz CT molecular complexity index is 1130. The minimum Gasteiger partial charge on any atom is -0.292 e. The van der Waals surface area contributed by atoms with Gasteiger partial charge in [0.25, 0.3) is 0 Å². The Balaban J connectivity index is 1.59. The molecule has 152 valence electrons. The molecule has 0 saturated carbocycles. The smallest absolute Gasteiger partial charge is 0.240 e. The number of ketones is 1. The Hall–Kier alpha value is -2.27. The van der Waals surface area contributed by atoms with Gasteiger partial charge in [-0.05, 0) is 31.5 Å². The van der Waals surface area contributed by atoms with E-state index in [2.05, 4.69) is 19.7 Å². The zero-order chi connectivity index (χ0) is 21.0. The minimum absolute atomic E-state index is 0.140. The fourth-order valence-electron chi connectivity index (χ4n) is 2.41. The first-order valence-corrected chi connectivity index (χ1v) is 11.2. The lowest BCUT2D eigenvalue weighted by Gasteiger charge is -2.07. The molecule has 0 radical (unpaired) electrons. The molecule has 0 bridgehead atoms. The van der Waals surface area contributed by atoms with Crippen LogP contribution in [0.2, 0.25) is 5.02 Å². The molecule has 11 heteroatoms. The predicted octanol–water partition coefficient (Wildman–Crippen LogP) is 3.33. The summed E-state index contributed by atoms with van der Waals surface area (Å²) in [6.45, 7) is 1.75. The number of carbonyl (C=O) groups excluding carboxylic acids is 1. The van der Waals surface area contributed by atoms with E-state index in [-0.39, 0.29) is 34.4 Å². The number of nitrogens with zero attached hydrogens (tertiary/aromatic N) is 3. The molecule has 2 aromatic heterocycles. The number of rotatable bonds is 8. The number of Topliss-reactive ketones (excluding diaryl/α,β-unsaturated/α-hetero) is 1. The molecular weight excluding hydrogens is 439 g/mol. The van der Waals surface area contributed by atoms with E-state index in [1.54, 1.807) is 5.51 Å². The molecule has 0 spiro atoms. The van der Waals surface area contributed by atoms with Crippen molar-refractivity contribution in [2.45, 2.75) is 31.2 Å². The van der Waals surface area contributed by atoms with Crippen molar-refractivity contribution in [1.82, 2.24) is 19.7 Å². The van der Waals surface area contributed by atoms with Crippen molar-refractivity contribution in [2.24, 2.45) is 0 Å². The van der Waals surface area contributed by atoms with Crippen LogP contribution in [0.5, 0.6) is 0 Å². The SMILES string of the molecule is Cc1ncsc1CCC(=O)c1cnc(CNS(=O)(=O)c2ccc(F)c(Cl)c2)cn1. The van der Waals surface area contributed by atoms with E-state index < -0.39 is 15.8 Å². The molecule has 3 aromatic rings. The fourth-order valence-corrected chi connectivity index (χ4v) is 4.46. The second kappa shape index (κ2) is 9.04. The molecule has 2 heterocycles. The summed E-state index contributed by atoms with van der Waals surface area (Å²) in [5, 5.41) is -0.288. The molecule has 0 atom stereocenters. The van der Waals surface area contributed by atoms with E-state index in [4.69, 9.17) is 11.6 Å². The largest absolute Gasteiger partial charge is 0.292 e. The van der Waals surface area contributed by atoms with E-state index in [0.717, 1.165) is 28.8 Å². The first-order valence-electron chi connectivity index (χ1n) is 8.44. The second-order valence-corrected chi connectivity index (χ2v) is 9.19. The molecule has 0 aliphatic carbocycles. The van der Waals surface area contributed by atoms with Crippen LogP contribution in [0.15, 0.2) is 41.0 Å². The van der Waals surface area contributed by atoms with Crippen molar-refractivity contribution >= 4 is 38.7 Å². The van der Waals surface area contributed by atoms with Crippen LogP contribution < -0.4 is 4.72 Å². The Morgan fingerprint density at radius 2 is 2.03 bits per heavy atom. The highest BCUT2D eigenvalue weighted by Gasteiger charge is 2.16. The van der Waals surface area contributed by atoms with Gasteiger partial charge >= 0.3 is 0 Å². The number of halogens is 2. The fraction of sp³-hybridized carbons (Fsp3) is 0.222. The minimum atomic E-state index is -3.90. The summed E-state index contributed by atoms with van der Waals surface area (Å²) in [4.78, 5) is 25.4. The summed E-state index contributed by atoms with van der Waals surface area (Å²) in [6, 6.07) is 3.12. The number of sulfonamides is 1. The summed E-state index contributed by atoms with van der Waals surface area (Å²) in [5.74, 6) is -0.861. The van der Waals surface area contributed by atoms with Gasteiger partial charge in [-0.1, -0.05) is 11.6 Å². The van der Waals surface area contributed by atoms with Gasteiger partial charge in [0.1, 0.15) is 11.5 Å². The quantitative estimate of drug-likeness (QED) is 0.524. The van der Waals surface area contributed by atoms with Gasteiger partial charge in [-0.25, -0.2) is 27.5 Å². The Labute approximate surface area is 176 Å². The lowest BCUT2D eigenvalue weighted by atomic mass is 10.1. The van der Waals surface area contributed by atoms with Crippen LogP contribution in [0.4, 0.5) is 4.39 Å². The maximum absolute atomic E-state index is 13.2. The standard InChI is InChI=1S/C18H16ClFN4O3S2/c1-11-18(28-10-23-11)5-4-17(25)16-9-21-12(7-22-16)8-24-29(26,27)13-2-3-15(20)14(19)6-13/h2-3,6-7,9-10,24H,4-5,8H2,1H3. The average molecular weight is 455 g/mol. The van der Waals surface area contributed by atoms with Crippen LogP contribution >= 0.6 is 22.9 Å². The summed E-state index contributed by atoms with van der Waals surface area (Å²) in [7, 11) is -3.90. The van der Waals surface area contributed by atoms with Gasteiger partial charge in [-0.2, -0.15) is 0 Å². The highest BCUT2D eigenvalue weighted by atomic mass is 35.5. The van der Waals surface area contributed by atoms with Gasteiger partial charge in [0.05, 0.1) is 45.8 Å². The first kappa shape index (κ1) is 21.4. The zero-order valence-corrected chi connectivity index (χ0v) is 17.6. The van der Waals surface area contributed by atoms with E-state index >= 15 is 0 Å². The van der Waals surface area contributed by atoms with Gasteiger partial charge in [-0.15, -0.1) is 11.3 Å². The number of aryl methyl sites for hydroxylation is 2. The van der Waals surface area contributed by atoms with E-state index in [1.165, 1.54) is 23.7 Å². The van der Waals surface area contributed by atoms with Crippen molar-refractivity contribution in [1.29, 1.82) is 0 Å². The Morgan fingerprint density at radius 3 is 2.66 bits per heavy atom. The molecule has 1 aromatic carbocycles. The molecule has 0 amide bonds. The number of thiazole rings is 1. The molecule has 1 N–H and O–H groups in total. The molecule has 0 fully saturated rings. The number of benzene rings is 1. The van der Waals surface area contributed by atoms with E-state index in [0.29, 0.717) is 12.1 Å². The molecule has 3 rings (SSSR count). The van der Waals surface area contributed by atoms with Gasteiger partial charge in [0.15, 0.2) is 5.78 Å². The van der Waals surface area contributed by atoms with Crippen molar-refractivity contribution in [3.63, 3.8) is 0 Å². The number of hydrogen-bond acceptors (Lipinski definition) is 7. The monoisotopic (exact) mass is 454 g/mol. The van der Waals surface area contributed by atoms with Crippen molar-refractivity contribution < 1.29 is 17.6 Å². The van der Waals surface area contributed by atoms with Crippen molar-refractivity contribution in [2.75, 3.05) is 0 Å². The van der Waals surface area contributed by atoms with Gasteiger partial charge in [-0.3, -0.25) is 9.78 Å². The maximum atomic E-state index is 13.2. The molecule has 7 nitrogen and oxygen atoms in total. The lowest BCUT2D eigenvalue weighted by molar-refractivity contribution is 0.0978. The Morgan fingerprint density at radius 1 is 1.24 bits per heavy atom. The normalized spacial score (nSPS) is 11.6. The molecular formula is C18H16ClFN4O3S2. The third-order valence-electron chi connectivity index (χ3n) is 4.06. The third-order valence-corrected chi connectivity index (χ3v) is 6.74. The molecule has 0 unspecified atom stereocenters. The number of aromatic nitrogens is 3. The van der Waals surface area contributed by atoms with Crippen LogP contribution in [0.25, 0.3) is 0 Å². The number of carbonyl (C=O) groups is 1.